The molecule has 1 aliphatic heterocycles. The van der Waals surface area contributed by atoms with Gasteiger partial charge in [0.1, 0.15) is 5.82 Å². The molecule has 2 heterocycles. The Morgan fingerprint density at radius 1 is 1.25 bits per heavy atom. The van der Waals surface area contributed by atoms with Crippen LogP contribution < -0.4 is 11.1 Å². The Morgan fingerprint density at radius 3 is 2.56 bits per heavy atom. The molecule has 1 aromatic rings. The van der Waals surface area contributed by atoms with Crippen LogP contribution in [0, 0.1) is 29.1 Å². The first-order chi connectivity index (χ1) is 15.3. The van der Waals surface area contributed by atoms with Gasteiger partial charge in [0.25, 0.3) is 0 Å². The molecule has 3 saturated carbocycles. The minimum absolute atomic E-state index is 0.0380. The van der Waals surface area contributed by atoms with Gasteiger partial charge in [0.15, 0.2) is 0 Å². The van der Waals surface area contributed by atoms with Crippen molar-refractivity contribution in [2.24, 2.45) is 23.7 Å². The van der Waals surface area contributed by atoms with Crippen LogP contribution in [0.3, 0.4) is 0 Å². The molecule has 1 aromatic heterocycles. The maximum atomic E-state index is 13.2. The summed E-state index contributed by atoms with van der Waals surface area (Å²) in [6.07, 6.45) is 3.11. The van der Waals surface area contributed by atoms with Crippen molar-refractivity contribution in [1.82, 2.24) is 15.2 Å². The Labute approximate surface area is 185 Å². The molecule has 6 nitrogen and oxygen atoms in total. The molecular formula is C23H30F3N5O. The maximum absolute atomic E-state index is 13.2. The molecule has 0 radical (unpaired) electrons. The number of hydrogen-bond donors (Lipinski definition) is 3. The molecule has 1 saturated heterocycles. The lowest BCUT2D eigenvalue weighted by molar-refractivity contribution is -0.137. The van der Waals surface area contributed by atoms with Crippen LogP contribution in [0.5, 0.6) is 0 Å². The van der Waals surface area contributed by atoms with E-state index in [1.54, 1.807) is 6.08 Å². The summed E-state index contributed by atoms with van der Waals surface area (Å²) < 4.78 is 45.1. The first-order valence-corrected chi connectivity index (χ1v) is 11.5. The first-order valence-electron chi connectivity index (χ1n) is 11.5. The van der Waals surface area contributed by atoms with Crippen LogP contribution in [0.15, 0.2) is 24.0 Å². The summed E-state index contributed by atoms with van der Waals surface area (Å²) in [6, 6.07) is 1.53. The number of alkyl halides is 3. The number of nitrogens with zero attached hydrogens (tertiary/aromatic N) is 2. The fraction of sp³-hybridized carbons (Fsp3) is 0.652. The van der Waals surface area contributed by atoms with Gasteiger partial charge < -0.3 is 21.2 Å². The van der Waals surface area contributed by atoms with Gasteiger partial charge in [0.2, 0.25) is 0 Å². The monoisotopic (exact) mass is 449 g/mol. The molecule has 4 N–H and O–H groups in total. The van der Waals surface area contributed by atoms with Crippen molar-refractivity contribution in [1.29, 1.82) is 5.41 Å². The number of allylic oxidation sites excluding steroid dienone is 2. The molecule has 0 aromatic carbocycles. The average molecular weight is 450 g/mol. The van der Waals surface area contributed by atoms with E-state index in [1.807, 2.05) is 0 Å². The number of pyridine rings is 1. The third-order valence-corrected chi connectivity index (χ3v) is 7.47. The standard InChI is InChI=1S/C23H30F3N5O/c24-23(25,26)18-7-14(12-30-22(18)28)19(27)10-20(29-11-13-1-2-13)21-16-8-15(9-17(16)21)31-3-5-32-6-4-31/h7,10,12-13,15-17,21,27,29H,1-6,8-9,11H2,(H2,28,30)/b20-10-,27-19?/t15?,16-,17+,21+. The van der Waals surface area contributed by atoms with Gasteiger partial charge in [-0.3, -0.25) is 4.90 Å². The van der Waals surface area contributed by atoms with E-state index in [2.05, 4.69) is 15.2 Å². The molecular weight excluding hydrogens is 419 g/mol. The number of anilines is 1. The molecule has 4 atom stereocenters. The third-order valence-electron chi connectivity index (χ3n) is 7.47. The zero-order chi connectivity index (χ0) is 22.5. The van der Waals surface area contributed by atoms with Crippen LogP contribution in [-0.4, -0.2) is 54.5 Å². The SMILES string of the molecule is N=C(/C=C(\NCC1CC1)[C@H]1[C@@H]2CC(N3CCOCC3)C[C@@H]21)c1cnc(N)c(C(F)(F)F)c1. The summed E-state index contributed by atoms with van der Waals surface area (Å²) in [5.74, 6) is 1.65. The molecule has 0 spiro atoms. The molecule has 0 amide bonds. The van der Waals surface area contributed by atoms with Crippen LogP contribution in [0.4, 0.5) is 19.0 Å². The number of nitrogens with two attached hydrogens (primary N) is 1. The highest BCUT2D eigenvalue weighted by Gasteiger charge is 2.58. The summed E-state index contributed by atoms with van der Waals surface area (Å²) in [6.45, 7) is 4.46. The lowest BCUT2D eigenvalue weighted by atomic mass is 10.0. The Morgan fingerprint density at radius 2 is 1.94 bits per heavy atom. The van der Waals surface area contributed by atoms with Crippen molar-refractivity contribution < 1.29 is 17.9 Å². The predicted octanol–water partition coefficient (Wildman–Crippen LogP) is 3.29. The highest BCUT2D eigenvalue weighted by molar-refractivity contribution is 6.07. The topological polar surface area (TPSA) is 87.3 Å². The van der Waals surface area contributed by atoms with Gasteiger partial charge in [-0.05, 0) is 55.6 Å². The fourth-order valence-corrected chi connectivity index (χ4v) is 5.45. The Bertz CT molecular complexity index is 895. The summed E-state index contributed by atoms with van der Waals surface area (Å²) in [5.41, 5.74) is 5.60. The molecule has 9 heteroatoms. The molecule has 1 unspecified atom stereocenters. The normalized spacial score (nSPS) is 30.8. The number of nitrogen functional groups attached to an aromatic ring is 1. The zero-order valence-electron chi connectivity index (χ0n) is 18.0. The smallest absolute Gasteiger partial charge is 0.388 e. The van der Waals surface area contributed by atoms with Crippen molar-refractivity contribution in [3.05, 3.63) is 35.2 Å². The van der Waals surface area contributed by atoms with Crippen molar-refractivity contribution in [3.8, 4) is 0 Å². The lowest BCUT2D eigenvalue weighted by Gasteiger charge is -2.33. The lowest BCUT2D eigenvalue weighted by Crippen LogP contribution is -2.43. The Hall–Kier alpha value is -2.13. The van der Waals surface area contributed by atoms with E-state index in [4.69, 9.17) is 15.9 Å². The van der Waals surface area contributed by atoms with Gasteiger partial charge in [-0.25, -0.2) is 4.98 Å². The van der Waals surface area contributed by atoms with Crippen LogP contribution in [0.1, 0.15) is 36.8 Å². The summed E-state index contributed by atoms with van der Waals surface area (Å²) in [7, 11) is 0. The number of halogens is 3. The quantitative estimate of drug-likeness (QED) is 0.556. The van der Waals surface area contributed by atoms with Crippen molar-refractivity contribution in [2.45, 2.75) is 37.9 Å². The van der Waals surface area contributed by atoms with Gasteiger partial charge in [-0.1, -0.05) is 0 Å². The highest BCUT2D eigenvalue weighted by atomic mass is 19.4. The van der Waals surface area contributed by atoms with Crippen LogP contribution in [-0.2, 0) is 10.9 Å². The number of rotatable bonds is 7. The molecule has 3 aliphatic carbocycles. The predicted molar refractivity (Wildman–Crippen MR) is 115 cm³/mol. The van der Waals surface area contributed by atoms with Crippen LogP contribution in [0.25, 0.3) is 0 Å². The summed E-state index contributed by atoms with van der Waals surface area (Å²) >= 11 is 0. The summed E-state index contributed by atoms with van der Waals surface area (Å²) in [4.78, 5) is 6.23. The molecule has 4 aliphatic rings. The van der Waals surface area contributed by atoms with Gasteiger partial charge in [-0.15, -0.1) is 0 Å². The largest absolute Gasteiger partial charge is 0.419 e. The second-order valence-corrected chi connectivity index (χ2v) is 9.62. The van der Waals surface area contributed by atoms with Gasteiger partial charge >= 0.3 is 6.18 Å². The number of ether oxygens (including phenoxy) is 1. The van der Waals surface area contributed by atoms with Crippen molar-refractivity contribution in [3.63, 3.8) is 0 Å². The maximum Gasteiger partial charge on any atom is 0.419 e. The minimum atomic E-state index is -4.59. The number of fused-ring (bicyclic) bond motifs is 1. The van der Waals surface area contributed by atoms with Crippen LogP contribution in [0.2, 0.25) is 0 Å². The second kappa shape index (κ2) is 8.33. The third kappa shape index (κ3) is 4.50. The fourth-order valence-electron chi connectivity index (χ4n) is 5.45. The summed E-state index contributed by atoms with van der Waals surface area (Å²) in [5, 5.41) is 12.0. The van der Waals surface area contributed by atoms with Crippen molar-refractivity contribution >= 4 is 11.5 Å². The van der Waals surface area contributed by atoms with Gasteiger partial charge in [-0.2, -0.15) is 13.2 Å². The second-order valence-electron chi connectivity index (χ2n) is 9.62. The average Bonchev–Trinajstić information content (AvgIpc) is 3.68. The van der Waals surface area contributed by atoms with Crippen molar-refractivity contribution in [2.75, 3.05) is 38.6 Å². The van der Waals surface area contributed by atoms with Crippen LogP contribution >= 0.6 is 0 Å². The molecule has 174 valence electrons. The Balaban J connectivity index is 1.30. The van der Waals surface area contributed by atoms with E-state index in [0.29, 0.717) is 29.7 Å². The van der Waals surface area contributed by atoms with E-state index in [1.165, 1.54) is 19.0 Å². The number of hydrogen-bond acceptors (Lipinski definition) is 6. The number of aromatic nitrogens is 1. The van der Waals surface area contributed by atoms with E-state index in [0.717, 1.165) is 57.5 Å². The molecule has 32 heavy (non-hydrogen) atoms. The highest BCUT2D eigenvalue weighted by Crippen LogP contribution is 2.61. The van der Waals surface area contributed by atoms with Gasteiger partial charge in [0.05, 0.1) is 24.5 Å². The number of morpholine rings is 1. The zero-order valence-corrected chi connectivity index (χ0v) is 18.0. The van der Waals surface area contributed by atoms with E-state index in [-0.39, 0.29) is 11.3 Å². The van der Waals surface area contributed by atoms with E-state index in [9.17, 15) is 13.2 Å². The molecule has 0 bridgehead atoms. The van der Waals surface area contributed by atoms with Gasteiger partial charge in [0, 0.05) is 49.1 Å². The van der Waals surface area contributed by atoms with E-state index < -0.39 is 17.6 Å². The minimum Gasteiger partial charge on any atom is -0.388 e. The Kier molecular flexibility index (Phi) is 5.65. The van der Waals surface area contributed by atoms with E-state index >= 15 is 0 Å². The molecule has 4 fully saturated rings. The number of nitrogens with one attached hydrogen (secondary N) is 2. The first kappa shape index (κ1) is 21.7. The molecule has 5 rings (SSSR count).